The van der Waals surface area contributed by atoms with Crippen molar-refractivity contribution in [2.45, 2.75) is 56.3 Å². The second kappa shape index (κ2) is 18.0. The van der Waals surface area contributed by atoms with E-state index in [0.717, 1.165) is 4.90 Å². The molecule has 0 aromatic carbocycles. The number of likely N-dealkylation sites (tertiary alicyclic amines) is 1. The maximum absolute atomic E-state index is 12.8. The van der Waals surface area contributed by atoms with Crippen LogP contribution in [0.15, 0.2) is 4.99 Å². The highest BCUT2D eigenvalue weighted by Crippen LogP contribution is 2.18. The first-order chi connectivity index (χ1) is 19.8. The molecule has 5 amide bonds. The summed E-state index contributed by atoms with van der Waals surface area (Å²) in [4.78, 5) is 90.2. The van der Waals surface area contributed by atoms with Crippen molar-refractivity contribution in [1.82, 2.24) is 31.5 Å². The number of rotatable bonds is 18. The molecule has 0 aromatic heterocycles. The van der Waals surface area contributed by atoms with Crippen LogP contribution in [0.3, 0.4) is 0 Å². The molecule has 0 bridgehead atoms. The number of carbonyl (C=O) groups is 7. The minimum Gasteiger partial charge on any atom is -0.481 e. The minimum atomic E-state index is -1.71. The monoisotopic (exact) mass is 601 g/mol. The van der Waals surface area contributed by atoms with Crippen LogP contribution >= 0.6 is 0 Å². The molecule has 0 saturated carbocycles. The van der Waals surface area contributed by atoms with Gasteiger partial charge in [0.15, 0.2) is 5.96 Å². The Morgan fingerprint density at radius 3 is 2.14 bits per heavy atom. The highest BCUT2D eigenvalue weighted by atomic mass is 16.4. The molecule has 12 N–H and O–H groups in total. The van der Waals surface area contributed by atoms with Gasteiger partial charge in [-0.25, -0.2) is 4.79 Å². The van der Waals surface area contributed by atoms with Gasteiger partial charge < -0.3 is 58.3 Å². The number of nitrogens with one attached hydrogen (secondary N) is 5. The molecule has 4 unspecified atom stereocenters. The van der Waals surface area contributed by atoms with Crippen molar-refractivity contribution < 1.29 is 48.9 Å². The Kier molecular flexibility index (Phi) is 15.2. The number of aliphatic imine (C=N–C) groups is 1. The van der Waals surface area contributed by atoms with Gasteiger partial charge in [0.05, 0.1) is 26.1 Å². The lowest BCUT2D eigenvalue weighted by molar-refractivity contribution is -0.150. The van der Waals surface area contributed by atoms with E-state index >= 15 is 0 Å². The van der Waals surface area contributed by atoms with Crippen LogP contribution in [-0.2, 0) is 33.6 Å². The lowest BCUT2D eigenvalue weighted by Crippen LogP contribution is -2.58. The first kappa shape index (κ1) is 35.5. The van der Waals surface area contributed by atoms with Gasteiger partial charge in [0.1, 0.15) is 24.2 Å². The van der Waals surface area contributed by atoms with Crippen LogP contribution in [0.25, 0.3) is 0 Å². The topological polar surface area (TPSA) is 308 Å². The summed E-state index contributed by atoms with van der Waals surface area (Å²) in [7, 11) is 1.53. The van der Waals surface area contributed by atoms with Crippen LogP contribution in [0.2, 0.25) is 0 Å². The third kappa shape index (κ3) is 12.3. The summed E-state index contributed by atoms with van der Waals surface area (Å²) >= 11 is 0. The summed E-state index contributed by atoms with van der Waals surface area (Å²) in [5.74, 6) is -7.11. The quantitative estimate of drug-likeness (QED) is 0.0398. The molecular formula is C23H39N9O10. The lowest BCUT2D eigenvalue weighted by Gasteiger charge is -2.27. The molecule has 19 nitrogen and oxygen atoms in total. The number of aliphatic hydroxyl groups excluding tert-OH is 1. The Labute approximate surface area is 240 Å². The van der Waals surface area contributed by atoms with Gasteiger partial charge in [-0.2, -0.15) is 0 Å². The molecular weight excluding hydrogens is 562 g/mol. The Morgan fingerprint density at radius 2 is 1.57 bits per heavy atom. The third-order valence-corrected chi connectivity index (χ3v) is 6.01. The van der Waals surface area contributed by atoms with Gasteiger partial charge in [-0.1, -0.05) is 0 Å². The van der Waals surface area contributed by atoms with Gasteiger partial charge in [0, 0.05) is 13.1 Å². The predicted octanol–water partition coefficient (Wildman–Crippen LogP) is -5.63. The third-order valence-electron chi connectivity index (χ3n) is 6.01. The molecule has 1 saturated heterocycles. The Balaban J connectivity index is 2.83. The first-order valence-corrected chi connectivity index (χ1v) is 13.0. The van der Waals surface area contributed by atoms with Crippen LogP contribution in [0.1, 0.15) is 32.1 Å². The number of hydrogen-bond acceptors (Lipinski definition) is 10. The number of carboxylic acid groups (broad SMARTS) is 2. The van der Waals surface area contributed by atoms with E-state index in [-0.39, 0.29) is 38.4 Å². The lowest BCUT2D eigenvalue weighted by atomic mass is 10.1. The van der Waals surface area contributed by atoms with E-state index in [2.05, 4.69) is 31.6 Å². The summed E-state index contributed by atoms with van der Waals surface area (Å²) in [6.07, 6.45) is 0.0898. The number of amides is 5. The minimum absolute atomic E-state index is 0.0852. The van der Waals surface area contributed by atoms with E-state index in [1.165, 1.54) is 7.05 Å². The molecule has 1 rings (SSSR count). The fraction of sp³-hybridized carbons (Fsp3) is 0.652. The molecule has 0 aromatic rings. The number of guanidine groups is 1. The van der Waals surface area contributed by atoms with E-state index in [4.69, 9.17) is 11.5 Å². The van der Waals surface area contributed by atoms with Gasteiger partial charge in [-0.15, -0.1) is 0 Å². The zero-order valence-corrected chi connectivity index (χ0v) is 23.1. The van der Waals surface area contributed by atoms with E-state index in [9.17, 15) is 48.9 Å². The molecule has 19 heteroatoms. The molecule has 1 fully saturated rings. The zero-order valence-electron chi connectivity index (χ0n) is 23.1. The maximum atomic E-state index is 12.8. The second-order valence-corrected chi connectivity index (χ2v) is 9.31. The molecule has 1 aliphatic heterocycles. The van der Waals surface area contributed by atoms with Crippen molar-refractivity contribution >= 4 is 47.4 Å². The standard InChI is InChI=1S/C23H39N9O10/c1-26-9-16(34)29-12(4-2-6-27-23(24)25)19(38)28-10-17(35)30-13(8-18(36)37)20(39)31-14(11-33)21(40)32-7-3-5-15(32)22(41)42/h12-15,26,33H,2-11H2,1H3,(H,28,38)(H,29,34)(H,30,35)(H,31,39)(H,36,37)(H,41,42)(H4,24,25,27). The molecule has 1 aliphatic rings. The molecule has 4 atom stereocenters. The number of hydrogen-bond donors (Lipinski definition) is 10. The average molecular weight is 602 g/mol. The van der Waals surface area contributed by atoms with Crippen LogP contribution in [0, 0.1) is 0 Å². The molecule has 0 aliphatic carbocycles. The van der Waals surface area contributed by atoms with E-state index in [1.807, 2.05) is 0 Å². The van der Waals surface area contributed by atoms with Crippen LogP contribution < -0.4 is 38.1 Å². The summed E-state index contributed by atoms with van der Waals surface area (Å²) < 4.78 is 0. The summed E-state index contributed by atoms with van der Waals surface area (Å²) in [5.41, 5.74) is 10.5. The first-order valence-electron chi connectivity index (χ1n) is 13.0. The van der Waals surface area contributed by atoms with Crippen LogP contribution in [0.4, 0.5) is 0 Å². The Morgan fingerprint density at radius 1 is 0.929 bits per heavy atom. The van der Waals surface area contributed by atoms with Gasteiger partial charge in [-0.05, 0) is 32.7 Å². The van der Waals surface area contributed by atoms with Gasteiger partial charge in [0.25, 0.3) is 0 Å². The maximum Gasteiger partial charge on any atom is 0.326 e. The molecule has 0 spiro atoms. The molecule has 1 heterocycles. The number of nitrogens with zero attached hydrogens (tertiary/aromatic N) is 2. The smallest absolute Gasteiger partial charge is 0.326 e. The predicted molar refractivity (Wildman–Crippen MR) is 144 cm³/mol. The molecule has 0 radical (unpaired) electrons. The zero-order chi connectivity index (χ0) is 31.8. The summed E-state index contributed by atoms with van der Waals surface area (Å²) in [6.45, 7) is -1.45. The Bertz CT molecular complexity index is 1030. The van der Waals surface area contributed by atoms with Crippen molar-refractivity contribution in [2.24, 2.45) is 16.5 Å². The van der Waals surface area contributed by atoms with Crippen molar-refractivity contribution in [3.05, 3.63) is 0 Å². The van der Waals surface area contributed by atoms with Crippen LogP contribution in [-0.4, -0.2) is 132 Å². The molecule has 42 heavy (non-hydrogen) atoms. The highest BCUT2D eigenvalue weighted by molar-refractivity contribution is 5.96. The normalized spacial score (nSPS) is 16.3. The van der Waals surface area contributed by atoms with Crippen molar-refractivity contribution in [1.29, 1.82) is 0 Å². The summed E-state index contributed by atoms with van der Waals surface area (Å²) in [5, 5.41) is 39.9. The largest absolute Gasteiger partial charge is 0.481 e. The fourth-order valence-electron chi connectivity index (χ4n) is 4.04. The number of carbonyl (C=O) groups excluding carboxylic acids is 5. The van der Waals surface area contributed by atoms with E-state index < -0.39 is 85.2 Å². The van der Waals surface area contributed by atoms with Crippen LogP contribution in [0.5, 0.6) is 0 Å². The van der Waals surface area contributed by atoms with Gasteiger partial charge in [-0.3, -0.25) is 33.8 Å². The number of aliphatic hydroxyl groups is 1. The van der Waals surface area contributed by atoms with Gasteiger partial charge in [0.2, 0.25) is 29.5 Å². The highest BCUT2D eigenvalue weighted by Gasteiger charge is 2.38. The van der Waals surface area contributed by atoms with Crippen molar-refractivity contribution in [2.75, 3.05) is 39.8 Å². The fourth-order valence-corrected chi connectivity index (χ4v) is 4.04. The average Bonchev–Trinajstić information content (AvgIpc) is 3.41. The summed E-state index contributed by atoms with van der Waals surface area (Å²) in [6, 6.07) is -5.51. The second-order valence-electron chi connectivity index (χ2n) is 9.31. The number of likely N-dealkylation sites (N-methyl/N-ethyl adjacent to an activating group) is 1. The van der Waals surface area contributed by atoms with Crippen molar-refractivity contribution in [3.63, 3.8) is 0 Å². The van der Waals surface area contributed by atoms with Gasteiger partial charge >= 0.3 is 11.9 Å². The SMILES string of the molecule is CNCC(=O)NC(CCCN=C(N)N)C(=O)NCC(=O)NC(CC(=O)O)C(=O)NC(CO)C(=O)N1CCCC1C(=O)O. The number of carboxylic acids is 2. The molecule has 236 valence electrons. The van der Waals surface area contributed by atoms with E-state index in [1.54, 1.807) is 0 Å². The van der Waals surface area contributed by atoms with E-state index in [0.29, 0.717) is 12.8 Å². The number of nitrogens with two attached hydrogens (primary N) is 2. The van der Waals surface area contributed by atoms with Crippen molar-refractivity contribution in [3.8, 4) is 0 Å². The Hall–Kier alpha value is -4.52. The number of aliphatic carboxylic acids is 2.